The normalized spacial score (nSPS) is 11.5. The Morgan fingerprint density at radius 3 is 2.67 bits per heavy atom. The molecule has 0 atom stereocenters. The number of aliphatic hydroxyl groups is 1. The van der Waals surface area contributed by atoms with E-state index in [4.69, 9.17) is 5.73 Å². The Hall–Kier alpha value is -1.42. The molecule has 0 aliphatic carbocycles. The minimum Gasteiger partial charge on any atom is -0.390 e. The van der Waals surface area contributed by atoms with Gasteiger partial charge in [-0.05, 0) is 32.4 Å². The zero-order valence-electron chi connectivity index (χ0n) is 9.24. The van der Waals surface area contributed by atoms with Gasteiger partial charge in [0.1, 0.15) is 0 Å². The van der Waals surface area contributed by atoms with Crippen LogP contribution < -0.4 is 5.73 Å². The average Bonchev–Trinajstić information content (AvgIpc) is 1.99. The number of aromatic nitrogens is 1. The number of hydrogen-bond acceptors (Lipinski definition) is 3. The van der Waals surface area contributed by atoms with E-state index in [-0.39, 0.29) is 0 Å². The van der Waals surface area contributed by atoms with Crippen LogP contribution in [0.1, 0.15) is 35.5 Å². The van der Waals surface area contributed by atoms with Crippen LogP contribution in [-0.2, 0) is 6.42 Å². The first kappa shape index (κ1) is 11.7. The number of amides is 1. The summed E-state index contributed by atoms with van der Waals surface area (Å²) in [6.07, 6.45) is 1.84. The molecule has 82 valence electrons. The summed E-state index contributed by atoms with van der Waals surface area (Å²) in [5, 5.41) is 9.70. The maximum absolute atomic E-state index is 11.1. The van der Waals surface area contributed by atoms with Crippen molar-refractivity contribution in [2.24, 2.45) is 5.73 Å². The molecular formula is C11H16N2O2. The molecule has 0 saturated carbocycles. The molecule has 0 spiro atoms. The predicted molar refractivity (Wildman–Crippen MR) is 57.5 cm³/mol. The molecule has 1 heterocycles. The molecule has 3 N–H and O–H groups in total. The molecule has 0 bridgehead atoms. The Morgan fingerprint density at radius 1 is 1.60 bits per heavy atom. The number of rotatable bonds is 3. The van der Waals surface area contributed by atoms with Crippen LogP contribution in [0.2, 0.25) is 0 Å². The van der Waals surface area contributed by atoms with Gasteiger partial charge in [0, 0.05) is 18.3 Å². The van der Waals surface area contributed by atoms with Gasteiger partial charge < -0.3 is 10.8 Å². The highest BCUT2D eigenvalue weighted by Gasteiger charge is 2.18. The van der Waals surface area contributed by atoms with Crippen molar-refractivity contribution in [2.75, 3.05) is 0 Å². The maximum atomic E-state index is 11.1. The van der Waals surface area contributed by atoms with Crippen molar-refractivity contribution in [1.82, 2.24) is 4.98 Å². The monoisotopic (exact) mass is 208 g/mol. The van der Waals surface area contributed by atoms with Crippen LogP contribution in [0, 0.1) is 6.92 Å². The van der Waals surface area contributed by atoms with E-state index < -0.39 is 11.5 Å². The van der Waals surface area contributed by atoms with Gasteiger partial charge >= 0.3 is 0 Å². The molecule has 0 unspecified atom stereocenters. The van der Waals surface area contributed by atoms with Crippen molar-refractivity contribution in [3.05, 3.63) is 29.1 Å². The van der Waals surface area contributed by atoms with E-state index in [0.29, 0.717) is 12.0 Å². The lowest BCUT2D eigenvalue weighted by Gasteiger charge is -2.18. The van der Waals surface area contributed by atoms with Crippen LogP contribution in [0.5, 0.6) is 0 Å². The number of pyridine rings is 1. The third-order valence-corrected chi connectivity index (χ3v) is 2.01. The molecular weight excluding hydrogens is 192 g/mol. The second-order valence-electron chi connectivity index (χ2n) is 4.34. The van der Waals surface area contributed by atoms with Gasteiger partial charge in [0.05, 0.1) is 11.2 Å². The van der Waals surface area contributed by atoms with E-state index in [1.54, 1.807) is 19.9 Å². The highest BCUT2D eigenvalue weighted by molar-refractivity contribution is 5.94. The number of carbonyl (C=O) groups excluding carboxylic acids is 1. The van der Waals surface area contributed by atoms with Crippen molar-refractivity contribution >= 4 is 5.91 Å². The summed E-state index contributed by atoms with van der Waals surface area (Å²) < 4.78 is 0. The Balaban J connectivity index is 3.13. The van der Waals surface area contributed by atoms with Gasteiger partial charge in [-0.25, -0.2) is 0 Å². The molecule has 1 aromatic rings. The van der Waals surface area contributed by atoms with Crippen molar-refractivity contribution in [3.8, 4) is 0 Å². The Morgan fingerprint density at radius 2 is 2.20 bits per heavy atom. The third-order valence-electron chi connectivity index (χ3n) is 2.01. The molecule has 1 rings (SSSR count). The fourth-order valence-corrected chi connectivity index (χ4v) is 1.45. The SMILES string of the molecule is Cc1cc(CC(C)(C)O)c(C(N)=O)cn1. The fraction of sp³-hybridized carbons (Fsp3) is 0.455. The van der Waals surface area contributed by atoms with E-state index in [9.17, 15) is 9.90 Å². The summed E-state index contributed by atoms with van der Waals surface area (Å²) in [6, 6.07) is 1.78. The molecule has 0 radical (unpaired) electrons. The Bertz CT molecular complexity index is 381. The van der Waals surface area contributed by atoms with Crippen molar-refractivity contribution < 1.29 is 9.90 Å². The van der Waals surface area contributed by atoms with Crippen LogP contribution in [0.25, 0.3) is 0 Å². The number of carbonyl (C=O) groups is 1. The molecule has 0 saturated heterocycles. The summed E-state index contributed by atoms with van der Waals surface area (Å²) in [7, 11) is 0. The molecule has 1 amide bonds. The van der Waals surface area contributed by atoms with E-state index >= 15 is 0 Å². The van der Waals surface area contributed by atoms with Crippen LogP contribution >= 0.6 is 0 Å². The van der Waals surface area contributed by atoms with Crippen LogP contribution in [0.4, 0.5) is 0 Å². The second kappa shape index (κ2) is 3.98. The lowest BCUT2D eigenvalue weighted by Crippen LogP contribution is -2.25. The van der Waals surface area contributed by atoms with Crippen molar-refractivity contribution in [2.45, 2.75) is 32.8 Å². The van der Waals surface area contributed by atoms with Gasteiger partial charge in [-0.1, -0.05) is 0 Å². The minimum atomic E-state index is -0.863. The third kappa shape index (κ3) is 3.32. The van der Waals surface area contributed by atoms with Gasteiger partial charge in [-0.2, -0.15) is 0 Å². The lowest BCUT2D eigenvalue weighted by atomic mass is 9.95. The molecule has 0 fully saturated rings. The maximum Gasteiger partial charge on any atom is 0.250 e. The number of aryl methyl sites for hydroxylation is 1. The van der Waals surface area contributed by atoms with E-state index in [1.807, 2.05) is 6.92 Å². The quantitative estimate of drug-likeness (QED) is 0.771. The molecule has 4 heteroatoms. The highest BCUT2D eigenvalue weighted by Crippen LogP contribution is 2.16. The first-order chi connectivity index (χ1) is 6.79. The van der Waals surface area contributed by atoms with Crippen LogP contribution in [0.3, 0.4) is 0 Å². The predicted octanol–water partition coefficient (Wildman–Crippen LogP) is 0.802. The smallest absolute Gasteiger partial charge is 0.250 e. The lowest BCUT2D eigenvalue weighted by molar-refractivity contribution is 0.0805. The Kier molecular flexibility index (Phi) is 3.09. The fourth-order valence-electron chi connectivity index (χ4n) is 1.45. The summed E-state index contributed by atoms with van der Waals surface area (Å²) in [5.41, 5.74) is 6.28. The highest BCUT2D eigenvalue weighted by atomic mass is 16.3. The number of nitrogens with zero attached hydrogens (tertiary/aromatic N) is 1. The summed E-state index contributed by atoms with van der Waals surface area (Å²) in [5.74, 6) is -0.512. The van der Waals surface area contributed by atoms with E-state index in [0.717, 1.165) is 11.3 Å². The molecule has 0 aliphatic heterocycles. The Labute approximate surface area is 89.1 Å². The summed E-state index contributed by atoms with van der Waals surface area (Å²) in [6.45, 7) is 5.21. The van der Waals surface area contributed by atoms with Crippen molar-refractivity contribution in [3.63, 3.8) is 0 Å². The van der Waals surface area contributed by atoms with Gasteiger partial charge in [-0.15, -0.1) is 0 Å². The first-order valence-corrected chi connectivity index (χ1v) is 4.77. The number of hydrogen-bond donors (Lipinski definition) is 2. The van der Waals surface area contributed by atoms with Gasteiger partial charge in [0.15, 0.2) is 0 Å². The molecule has 1 aromatic heterocycles. The van der Waals surface area contributed by atoms with Crippen molar-refractivity contribution in [1.29, 1.82) is 0 Å². The molecule has 4 nitrogen and oxygen atoms in total. The topological polar surface area (TPSA) is 76.2 Å². The van der Waals surface area contributed by atoms with Gasteiger partial charge in [-0.3, -0.25) is 9.78 Å². The van der Waals surface area contributed by atoms with E-state index in [2.05, 4.69) is 4.98 Å². The number of primary amides is 1. The molecule has 0 aliphatic rings. The standard InChI is InChI=1S/C11H16N2O2/c1-7-4-8(5-11(2,3)15)9(6-13-7)10(12)14/h4,6,15H,5H2,1-3H3,(H2,12,14). The minimum absolute atomic E-state index is 0.378. The van der Waals surface area contributed by atoms with Crippen LogP contribution in [-0.4, -0.2) is 21.6 Å². The number of nitrogens with two attached hydrogens (primary N) is 1. The second-order valence-corrected chi connectivity index (χ2v) is 4.34. The zero-order valence-corrected chi connectivity index (χ0v) is 9.24. The largest absolute Gasteiger partial charge is 0.390 e. The molecule has 15 heavy (non-hydrogen) atoms. The summed E-state index contributed by atoms with van der Waals surface area (Å²) >= 11 is 0. The van der Waals surface area contributed by atoms with Gasteiger partial charge in [0.2, 0.25) is 0 Å². The zero-order chi connectivity index (χ0) is 11.6. The average molecular weight is 208 g/mol. The van der Waals surface area contributed by atoms with E-state index in [1.165, 1.54) is 6.20 Å². The van der Waals surface area contributed by atoms with Gasteiger partial charge in [0.25, 0.3) is 5.91 Å². The first-order valence-electron chi connectivity index (χ1n) is 4.77. The molecule has 0 aromatic carbocycles. The summed E-state index contributed by atoms with van der Waals surface area (Å²) in [4.78, 5) is 15.1. The van der Waals surface area contributed by atoms with Crippen LogP contribution in [0.15, 0.2) is 12.3 Å².